The number of nitrogens with zero attached hydrogens (tertiary/aromatic N) is 1. The van der Waals surface area contributed by atoms with Crippen LogP contribution in [-0.4, -0.2) is 89.8 Å². The van der Waals surface area contributed by atoms with Gasteiger partial charge in [0.1, 0.15) is 17.8 Å². The van der Waals surface area contributed by atoms with E-state index in [1.807, 2.05) is 72.0 Å². The number of aldehydes is 1. The molecule has 0 spiro atoms. The smallest absolute Gasteiger partial charge is 0.338 e. The zero-order chi connectivity index (χ0) is 37.1. The highest BCUT2D eigenvalue weighted by molar-refractivity contribution is 14.1. The van der Waals surface area contributed by atoms with Crippen LogP contribution in [0.25, 0.3) is 10.8 Å². The number of guanidine groups is 1. The summed E-state index contributed by atoms with van der Waals surface area (Å²) in [5.41, 5.74) is 10.7. The molecule has 272 valence electrons. The number of hydrogen-bond donors (Lipinski definition) is 8. The first kappa shape index (κ1) is 39.0. The number of nitrogens with two attached hydrogens (primary N) is 2. The Morgan fingerprint density at radius 1 is 0.961 bits per heavy atom. The fraction of sp³-hybridized carbons (Fsp3) is 0.389. The van der Waals surface area contributed by atoms with Crippen molar-refractivity contribution in [1.29, 1.82) is 0 Å². The molecule has 51 heavy (non-hydrogen) atoms. The van der Waals surface area contributed by atoms with Gasteiger partial charge in [-0.1, -0.05) is 61.9 Å². The Morgan fingerprint density at radius 3 is 2.35 bits per heavy atom. The minimum absolute atomic E-state index is 0.0156. The molecule has 14 nitrogen and oxygen atoms in total. The van der Waals surface area contributed by atoms with Crippen LogP contribution in [0.5, 0.6) is 5.75 Å². The second-order valence-electron chi connectivity index (χ2n) is 12.7. The van der Waals surface area contributed by atoms with Crippen molar-refractivity contribution < 1.29 is 34.1 Å². The Labute approximate surface area is 310 Å². The van der Waals surface area contributed by atoms with Gasteiger partial charge in [0, 0.05) is 12.8 Å². The molecule has 1 fully saturated rings. The molecule has 0 saturated carbocycles. The van der Waals surface area contributed by atoms with Crippen LogP contribution in [0.15, 0.2) is 60.7 Å². The first-order valence-electron chi connectivity index (χ1n) is 16.8. The average Bonchev–Trinajstić information content (AvgIpc) is 3.10. The molecular weight excluding hydrogens is 767 g/mol. The molecule has 0 aromatic heterocycles. The van der Waals surface area contributed by atoms with Crippen molar-refractivity contribution >= 4 is 69.2 Å². The lowest BCUT2D eigenvalue weighted by Gasteiger charge is -2.42. The molecule has 4 atom stereocenters. The molecule has 1 heterocycles. The summed E-state index contributed by atoms with van der Waals surface area (Å²) >= 11 is 1.96. The number of phenolic OH excluding ortho intramolecular Hbond substituents is 1. The van der Waals surface area contributed by atoms with Gasteiger partial charge in [0.05, 0.1) is 22.7 Å². The summed E-state index contributed by atoms with van der Waals surface area (Å²) in [5, 5.41) is 23.2. The van der Waals surface area contributed by atoms with Crippen molar-refractivity contribution in [3.8, 4) is 5.75 Å². The number of phenols is 1. The van der Waals surface area contributed by atoms with E-state index in [0.29, 0.717) is 34.8 Å². The van der Waals surface area contributed by atoms with Crippen LogP contribution >= 0.6 is 22.6 Å². The number of fused-ring (bicyclic) bond motifs is 1. The number of carbonyl (C=O) groups excluding carboxylic acids is 5. The summed E-state index contributed by atoms with van der Waals surface area (Å²) in [4.78, 5) is 72.8. The largest absolute Gasteiger partial charge is 0.507 e. The van der Waals surface area contributed by atoms with E-state index in [-0.39, 0.29) is 37.4 Å². The predicted octanol–water partition coefficient (Wildman–Crippen LogP) is -0.719. The van der Waals surface area contributed by atoms with Crippen molar-refractivity contribution in [2.45, 2.75) is 69.2 Å². The number of carbonyl (C=O) groups is 5. The van der Waals surface area contributed by atoms with E-state index in [0.717, 1.165) is 16.3 Å². The zero-order valence-corrected chi connectivity index (χ0v) is 30.9. The van der Waals surface area contributed by atoms with Crippen LogP contribution in [0.2, 0.25) is 0 Å². The van der Waals surface area contributed by atoms with Crippen molar-refractivity contribution in [3.05, 3.63) is 75.4 Å². The number of nitrogens with one attached hydrogen (secondary N) is 5. The van der Waals surface area contributed by atoms with Gasteiger partial charge in [-0.05, 0) is 82.9 Å². The second-order valence-corrected chi connectivity index (χ2v) is 13.9. The molecule has 15 heteroatoms. The van der Waals surface area contributed by atoms with Crippen LogP contribution in [0.3, 0.4) is 0 Å². The SMILES string of the molecule is CCCC1C(=O)NC(CCC[NH+]=C(N)N)C(=O)NC(Cc2ccc3ccccc3c2)C(=O)NCC(=O)NC(C=O)(Cc2ccc(O)c(I)c2)N1C. The molecule has 0 aliphatic carbocycles. The normalized spacial score (nSPS) is 22.2. The summed E-state index contributed by atoms with van der Waals surface area (Å²) in [5.74, 6) is -2.36. The highest BCUT2D eigenvalue weighted by Gasteiger charge is 2.43. The molecule has 3 aromatic carbocycles. The fourth-order valence-electron chi connectivity index (χ4n) is 6.17. The molecule has 4 rings (SSSR count). The average molecular weight is 814 g/mol. The number of amides is 4. The minimum atomic E-state index is -1.75. The Morgan fingerprint density at radius 2 is 1.67 bits per heavy atom. The molecular formula is C36H46IN8O6+. The fourth-order valence-corrected chi connectivity index (χ4v) is 6.75. The zero-order valence-electron chi connectivity index (χ0n) is 28.7. The van der Waals surface area contributed by atoms with Crippen LogP contribution in [0.4, 0.5) is 0 Å². The number of likely N-dealkylation sites (N-methyl/N-ethyl adjacent to an activating group) is 1. The number of benzene rings is 3. The van der Waals surface area contributed by atoms with E-state index >= 15 is 0 Å². The topological polar surface area (TPSA) is 223 Å². The molecule has 3 aromatic rings. The van der Waals surface area contributed by atoms with E-state index in [1.54, 1.807) is 19.2 Å². The Kier molecular flexibility index (Phi) is 13.7. The van der Waals surface area contributed by atoms with Crippen LogP contribution in [0, 0.1) is 3.57 Å². The summed E-state index contributed by atoms with van der Waals surface area (Å²) < 4.78 is 0.533. The second kappa shape index (κ2) is 17.9. The highest BCUT2D eigenvalue weighted by atomic mass is 127. The van der Waals surface area contributed by atoms with Gasteiger partial charge in [0.2, 0.25) is 23.6 Å². The minimum Gasteiger partial charge on any atom is -0.507 e. The number of hydrogen-bond acceptors (Lipinski definition) is 7. The van der Waals surface area contributed by atoms with E-state index in [1.165, 1.54) is 11.0 Å². The monoisotopic (exact) mass is 813 g/mol. The quantitative estimate of drug-likeness (QED) is 0.0402. The molecule has 1 aliphatic rings. The van der Waals surface area contributed by atoms with Gasteiger partial charge < -0.3 is 26.4 Å². The van der Waals surface area contributed by atoms with Gasteiger partial charge in [-0.25, -0.2) is 0 Å². The molecule has 1 saturated heterocycles. The van der Waals surface area contributed by atoms with E-state index < -0.39 is 54.0 Å². The summed E-state index contributed by atoms with van der Waals surface area (Å²) in [6.07, 6.45) is 2.00. The lowest BCUT2D eigenvalue weighted by atomic mass is 9.95. The lowest BCUT2D eigenvalue weighted by Crippen LogP contribution is -2.78. The van der Waals surface area contributed by atoms with Crippen molar-refractivity contribution in [2.24, 2.45) is 11.5 Å². The number of halogens is 1. The summed E-state index contributed by atoms with van der Waals surface area (Å²) in [6, 6.07) is 15.1. The molecule has 4 unspecified atom stereocenters. The van der Waals surface area contributed by atoms with Gasteiger partial charge >= 0.3 is 5.96 Å². The first-order valence-corrected chi connectivity index (χ1v) is 17.9. The third-order valence-corrected chi connectivity index (χ3v) is 9.80. The number of rotatable bonds is 11. The third-order valence-electron chi connectivity index (χ3n) is 8.94. The van der Waals surface area contributed by atoms with Crippen molar-refractivity contribution in [1.82, 2.24) is 26.2 Å². The summed E-state index contributed by atoms with van der Waals surface area (Å²) in [7, 11) is 1.56. The standard InChI is InChI=1S/C36H45IN8O6/c1-3-7-29-34(51)42-27(10-6-15-40-35(38)39)33(50)43-28(18-22-11-13-24-8-4-5-9-25(24)16-22)32(49)41-20-31(48)44-36(21-46,45(29)2)19-23-12-14-30(47)26(37)17-23/h4-5,8-9,11-14,16-17,21,27-29,47H,3,6-7,10,15,18-20H2,1-2H3,(H,41,49)(H,42,51)(H,43,50)(H,44,48)(H4,38,39,40)/p+1. The molecule has 10 N–H and O–H groups in total. The number of aromatic hydroxyl groups is 1. The highest BCUT2D eigenvalue weighted by Crippen LogP contribution is 2.26. The molecule has 0 radical (unpaired) electrons. The predicted molar refractivity (Wildman–Crippen MR) is 201 cm³/mol. The van der Waals surface area contributed by atoms with Crippen LogP contribution in [-0.2, 0) is 36.8 Å². The van der Waals surface area contributed by atoms with Gasteiger partial charge in [-0.15, -0.1) is 0 Å². The Hall–Kier alpha value is -4.77. The summed E-state index contributed by atoms with van der Waals surface area (Å²) in [6.45, 7) is 1.70. The van der Waals surface area contributed by atoms with E-state index in [2.05, 4.69) is 26.3 Å². The van der Waals surface area contributed by atoms with E-state index in [4.69, 9.17) is 11.5 Å². The molecule has 0 bridgehead atoms. The Bertz CT molecular complexity index is 1780. The third kappa shape index (κ3) is 10.4. The van der Waals surface area contributed by atoms with Crippen LogP contribution < -0.4 is 37.7 Å². The first-order chi connectivity index (χ1) is 24.3. The van der Waals surface area contributed by atoms with E-state index in [9.17, 15) is 29.1 Å². The maximum atomic E-state index is 14.1. The van der Waals surface area contributed by atoms with Gasteiger partial charge in [-0.2, -0.15) is 0 Å². The maximum Gasteiger partial charge on any atom is 0.338 e. The van der Waals surface area contributed by atoms with Crippen molar-refractivity contribution in [3.63, 3.8) is 0 Å². The lowest BCUT2D eigenvalue weighted by molar-refractivity contribution is -0.459. The van der Waals surface area contributed by atoms with Crippen LogP contribution in [0.1, 0.15) is 43.7 Å². The van der Waals surface area contributed by atoms with Gasteiger partial charge in [-0.3, -0.25) is 45.3 Å². The Balaban J connectivity index is 1.74. The van der Waals surface area contributed by atoms with Gasteiger partial charge in [0.25, 0.3) is 0 Å². The molecule has 4 amide bonds. The molecule has 1 aliphatic heterocycles. The van der Waals surface area contributed by atoms with Crippen molar-refractivity contribution in [2.75, 3.05) is 20.1 Å². The maximum absolute atomic E-state index is 14.1. The van der Waals surface area contributed by atoms with Gasteiger partial charge in [0.15, 0.2) is 11.9 Å².